The Morgan fingerprint density at radius 1 is 1.28 bits per heavy atom. The van der Waals surface area contributed by atoms with Crippen LogP contribution < -0.4 is 5.32 Å². The predicted molar refractivity (Wildman–Crippen MR) is 67.5 cm³/mol. The van der Waals surface area contributed by atoms with Crippen molar-refractivity contribution in [2.45, 2.75) is 45.8 Å². The maximum atomic E-state index is 12.6. The molecule has 2 nitrogen and oxygen atoms in total. The molecule has 2 atom stereocenters. The van der Waals surface area contributed by atoms with Gasteiger partial charge in [-0.15, -0.1) is 0 Å². The minimum Gasteiger partial charge on any atom is -0.313 e. The normalized spacial score (nSPS) is 24.5. The van der Waals surface area contributed by atoms with E-state index in [1.807, 2.05) is 4.90 Å². The third-order valence-corrected chi connectivity index (χ3v) is 3.86. The van der Waals surface area contributed by atoms with E-state index in [9.17, 15) is 13.2 Å². The third kappa shape index (κ3) is 5.14. The van der Waals surface area contributed by atoms with Crippen LogP contribution in [0.2, 0.25) is 0 Å². The number of hydrogen-bond acceptors (Lipinski definition) is 2. The lowest BCUT2D eigenvalue weighted by Crippen LogP contribution is -2.45. The van der Waals surface area contributed by atoms with Crippen molar-refractivity contribution < 1.29 is 13.2 Å². The van der Waals surface area contributed by atoms with Gasteiger partial charge >= 0.3 is 6.18 Å². The molecular weight excluding hydrogens is 241 g/mol. The van der Waals surface area contributed by atoms with Crippen LogP contribution in [0.1, 0.15) is 33.6 Å². The second-order valence-electron chi connectivity index (χ2n) is 5.67. The summed E-state index contributed by atoms with van der Waals surface area (Å²) in [6.45, 7) is 8.83. The van der Waals surface area contributed by atoms with Crippen molar-refractivity contribution >= 4 is 0 Å². The summed E-state index contributed by atoms with van der Waals surface area (Å²) < 4.78 is 37.9. The average Bonchev–Trinajstić information content (AvgIpc) is 2.28. The molecule has 18 heavy (non-hydrogen) atoms. The standard InChI is InChI=1S/C13H25F3N2/c1-10(2)11(3)17-6-8-18-7-4-5-12(9-18)13(14,15)16/h10-12,17H,4-9H2,1-3H3. The summed E-state index contributed by atoms with van der Waals surface area (Å²) in [6.07, 6.45) is -3.09. The molecule has 1 heterocycles. The highest BCUT2D eigenvalue weighted by molar-refractivity contribution is 4.78. The fraction of sp³-hybridized carbons (Fsp3) is 1.00. The number of nitrogens with zero attached hydrogens (tertiary/aromatic N) is 1. The first-order chi connectivity index (χ1) is 8.30. The SMILES string of the molecule is CC(C)C(C)NCCN1CCCC(C(F)(F)F)C1. The molecule has 0 aromatic carbocycles. The van der Waals surface area contributed by atoms with E-state index in [1.54, 1.807) is 0 Å². The fourth-order valence-electron chi connectivity index (χ4n) is 2.21. The zero-order valence-corrected chi connectivity index (χ0v) is 11.6. The molecule has 0 aromatic heterocycles. The van der Waals surface area contributed by atoms with E-state index in [2.05, 4.69) is 26.1 Å². The smallest absolute Gasteiger partial charge is 0.313 e. The van der Waals surface area contributed by atoms with E-state index in [-0.39, 0.29) is 13.0 Å². The van der Waals surface area contributed by atoms with Crippen LogP contribution in [0.3, 0.4) is 0 Å². The Balaban J connectivity index is 2.26. The summed E-state index contributed by atoms with van der Waals surface area (Å²) in [5, 5.41) is 3.36. The van der Waals surface area contributed by atoms with Crippen LogP contribution >= 0.6 is 0 Å². The zero-order valence-electron chi connectivity index (χ0n) is 11.6. The molecule has 0 bridgehead atoms. The molecule has 0 radical (unpaired) electrons. The Labute approximate surface area is 108 Å². The number of nitrogens with one attached hydrogen (secondary N) is 1. The Bertz CT molecular complexity index is 241. The summed E-state index contributed by atoms with van der Waals surface area (Å²) >= 11 is 0. The highest BCUT2D eigenvalue weighted by Crippen LogP contribution is 2.32. The van der Waals surface area contributed by atoms with Crippen molar-refractivity contribution in [2.24, 2.45) is 11.8 Å². The molecule has 1 N–H and O–H groups in total. The Morgan fingerprint density at radius 2 is 1.94 bits per heavy atom. The number of piperidine rings is 1. The van der Waals surface area contributed by atoms with Gasteiger partial charge in [0.15, 0.2) is 0 Å². The van der Waals surface area contributed by atoms with Gasteiger partial charge in [-0.05, 0) is 32.2 Å². The van der Waals surface area contributed by atoms with Crippen LogP contribution in [-0.4, -0.2) is 43.3 Å². The van der Waals surface area contributed by atoms with Gasteiger partial charge in [-0.2, -0.15) is 13.2 Å². The highest BCUT2D eigenvalue weighted by Gasteiger charge is 2.41. The Hall–Kier alpha value is -0.290. The summed E-state index contributed by atoms with van der Waals surface area (Å²) in [5.74, 6) is -0.581. The first-order valence-corrected chi connectivity index (χ1v) is 6.83. The monoisotopic (exact) mass is 266 g/mol. The fourth-order valence-corrected chi connectivity index (χ4v) is 2.21. The van der Waals surface area contributed by atoms with Gasteiger partial charge in [-0.3, -0.25) is 0 Å². The largest absolute Gasteiger partial charge is 0.393 e. The molecule has 0 aliphatic carbocycles. The topological polar surface area (TPSA) is 15.3 Å². The maximum absolute atomic E-state index is 12.6. The molecule has 1 rings (SSSR count). The van der Waals surface area contributed by atoms with Crippen molar-refractivity contribution in [1.82, 2.24) is 10.2 Å². The first kappa shape index (κ1) is 15.8. The van der Waals surface area contributed by atoms with Crippen molar-refractivity contribution in [3.63, 3.8) is 0 Å². The van der Waals surface area contributed by atoms with Crippen LogP contribution in [0.5, 0.6) is 0 Å². The van der Waals surface area contributed by atoms with E-state index in [0.717, 1.165) is 13.1 Å². The maximum Gasteiger partial charge on any atom is 0.393 e. The van der Waals surface area contributed by atoms with Crippen molar-refractivity contribution in [3.05, 3.63) is 0 Å². The summed E-state index contributed by atoms with van der Waals surface area (Å²) in [7, 11) is 0. The molecule has 1 saturated heterocycles. The Morgan fingerprint density at radius 3 is 2.50 bits per heavy atom. The zero-order chi connectivity index (χ0) is 13.8. The lowest BCUT2D eigenvalue weighted by atomic mass is 9.97. The number of hydrogen-bond donors (Lipinski definition) is 1. The van der Waals surface area contributed by atoms with Gasteiger partial charge in [0.2, 0.25) is 0 Å². The minimum absolute atomic E-state index is 0.168. The van der Waals surface area contributed by atoms with Gasteiger partial charge in [-0.25, -0.2) is 0 Å². The van der Waals surface area contributed by atoms with Crippen LogP contribution in [0, 0.1) is 11.8 Å². The quantitative estimate of drug-likeness (QED) is 0.823. The van der Waals surface area contributed by atoms with Gasteiger partial charge in [-0.1, -0.05) is 13.8 Å². The van der Waals surface area contributed by atoms with Gasteiger partial charge in [0.1, 0.15) is 0 Å². The summed E-state index contributed by atoms with van der Waals surface area (Å²) in [5.41, 5.74) is 0. The first-order valence-electron chi connectivity index (χ1n) is 6.83. The molecule has 108 valence electrons. The minimum atomic E-state index is -4.03. The van der Waals surface area contributed by atoms with Crippen molar-refractivity contribution in [1.29, 1.82) is 0 Å². The highest BCUT2D eigenvalue weighted by atomic mass is 19.4. The molecule has 1 aliphatic heterocycles. The van der Waals surface area contributed by atoms with E-state index in [1.165, 1.54) is 0 Å². The number of rotatable bonds is 5. The number of halogens is 3. The van der Waals surface area contributed by atoms with Crippen LogP contribution in [0.15, 0.2) is 0 Å². The van der Waals surface area contributed by atoms with Crippen LogP contribution in [-0.2, 0) is 0 Å². The van der Waals surface area contributed by atoms with Crippen LogP contribution in [0.4, 0.5) is 13.2 Å². The molecule has 5 heteroatoms. The Kier molecular flexibility index (Phi) is 5.92. The molecule has 0 saturated carbocycles. The molecule has 0 aromatic rings. The molecular formula is C13H25F3N2. The van der Waals surface area contributed by atoms with Crippen LogP contribution in [0.25, 0.3) is 0 Å². The number of alkyl halides is 3. The molecule has 2 unspecified atom stereocenters. The van der Waals surface area contributed by atoms with E-state index >= 15 is 0 Å². The van der Waals surface area contributed by atoms with Crippen molar-refractivity contribution in [2.75, 3.05) is 26.2 Å². The molecule has 0 spiro atoms. The van der Waals surface area contributed by atoms with Gasteiger partial charge in [0.25, 0.3) is 0 Å². The lowest BCUT2D eigenvalue weighted by molar-refractivity contribution is -0.186. The third-order valence-electron chi connectivity index (χ3n) is 3.86. The summed E-state index contributed by atoms with van der Waals surface area (Å²) in [6, 6.07) is 0.410. The average molecular weight is 266 g/mol. The second-order valence-corrected chi connectivity index (χ2v) is 5.67. The summed E-state index contributed by atoms with van der Waals surface area (Å²) in [4.78, 5) is 1.93. The molecule has 1 fully saturated rings. The van der Waals surface area contributed by atoms with Crippen molar-refractivity contribution in [3.8, 4) is 0 Å². The van der Waals surface area contributed by atoms with E-state index in [0.29, 0.717) is 24.9 Å². The van der Waals surface area contributed by atoms with Gasteiger partial charge < -0.3 is 10.2 Å². The van der Waals surface area contributed by atoms with Gasteiger partial charge in [0, 0.05) is 25.7 Å². The van der Waals surface area contributed by atoms with E-state index in [4.69, 9.17) is 0 Å². The number of likely N-dealkylation sites (tertiary alicyclic amines) is 1. The van der Waals surface area contributed by atoms with E-state index < -0.39 is 12.1 Å². The lowest BCUT2D eigenvalue weighted by Gasteiger charge is -2.34. The van der Waals surface area contributed by atoms with Gasteiger partial charge in [0.05, 0.1) is 5.92 Å². The molecule has 1 aliphatic rings. The predicted octanol–water partition coefficient (Wildman–Crippen LogP) is 2.89. The molecule has 0 amide bonds. The second kappa shape index (κ2) is 6.75.